The highest BCUT2D eigenvalue weighted by molar-refractivity contribution is 5.60. The zero-order chi connectivity index (χ0) is 14.6. The molecule has 3 heteroatoms. The molecule has 0 radical (unpaired) electrons. The maximum Gasteiger partial charge on any atom is 0.142 e. The van der Waals surface area contributed by atoms with Crippen molar-refractivity contribution in [3.8, 4) is 11.5 Å². The molecule has 3 nitrogen and oxygen atoms in total. The molecule has 0 aromatic heterocycles. The lowest BCUT2D eigenvalue weighted by Gasteiger charge is -2.23. The summed E-state index contributed by atoms with van der Waals surface area (Å²) in [5.74, 6) is 1.75. The van der Waals surface area contributed by atoms with E-state index in [0.29, 0.717) is 11.5 Å². The Bertz CT molecular complexity index is 443. The van der Waals surface area contributed by atoms with Gasteiger partial charge in [-0.1, -0.05) is 20.3 Å². The van der Waals surface area contributed by atoms with Crippen LogP contribution in [-0.4, -0.2) is 20.3 Å². The molecule has 1 aromatic rings. The molecule has 20 heavy (non-hydrogen) atoms. The van der Waals surface area contributed by atoms with Gasteiger partial charge in [-0.3, -0.25) is 0 Å². The molecule has 0 saturated heterocycles. The molecule has 0 bridgehead atoms. The highest BCUT2D eigenvalue weighted by Crippen LogP contribution is 2.36. The van der Waals surface area contributed by atoms with Gasteiger partial charge in [-0.05, 0) is 43.2 Å². The fourth-order valence-electron chi connectivity index (χ4n) is 2.95. The van der Waals surface area contributed by atoms with Crippen LogP contribution in [-0.2, 0) is 0 Å². The van der Waals surface area contributed by atoms with Crippen molar-refractivity contribution in [2.75, 3.05) is 19.5 Å². The first-order valence-electron chi connectivity index (χ1n) is 7.53. The predicted octanol–water partition coefficient (Wildman–Crippen LogP) is 4.47. The molecular weight excluding hydrogens is 250 g/mol. The van der Waals surface area contributed by atoms with Gasteiger partial charge in [0, 0.05) is 12.1 Å². The van der Waals surface area contributed by atoms with Gasteiger partial charge in [0.05, 0.1) is 19.9 Å². The van der Waals surface area contributed by atoms with Crippen molar-refractivity contribution in [3.05, 3.63) is 18.2 Å². The first-order valence-corrected chi connectivity index (χ1v) is 7.53. The first-order chi connectivity index (χ1) is 9.54. The molecule has 1 unspecified atom stereocenters. The Kier molecular flexibility index (Phi) is 4.79. The van der Waals surface area contributed by atoms with E-state index in [9.17, 15) is 0 Å². The fourth-order valence-corrected chi connectivity index (χ4v) is 2.95. The number of hydrogen-bond donors (Lipinski definition) is 1. The van der Waals surface area contributed by atoms with Crippen LogP contribution in [0.1, 0.15) is 46.0 Å². The van der Waals surface area contributed by atoms with Crippen molar-refractivity contribution < 1.29 is 9.47 Å². The molecule has 1 saturated carbocycles. The molecule has 1 atom stereocenters. The average Bonchev–Trinajstić information content (AvgIpc) is 2.60. The Morgan fingerprint density at radius 2 is 1.90 bits per heavy atom. The Morgan fingerprint density at radius 3 is 2.60 bits per heavy atom. The quantitative estimate of drug-likeness (QED) is 0.823. The monoisotopic (exact) mass is 277 g/mol. The maximum absolute atomic E-state index is 5.44. The molecule has 0 spiro atoms. The van der Waals surface area contributed by atoms with Crippen LogP contribution in [0.25, 0.3) is 0 Å². The minimum absolute atomic E-state index is 0.481. The lowest BCUT2D eigenvalue weighted by molar-refractivity contribution is 0.313. The zero-order valence-electron chi connectivity index (χ0n) is 13.2. The smallest absolute Gasteiger partial charge is 0.142 e. The lowest BCUT2D eigenvalue weighted by Crippen LogP contribution is -2.19. The van der Waals surface area contributed by atoms with E-state index in [2.05, 4.69) is 19.2 Å². The highest BCUT2D eigenvalue weighted by atomic mass is 16.5. The summed E-state index contributed by atoms with van der Waals surface area (Å²) in [6.07, 6.45) is 6.32. The molecule has 0 heterocycles. The Morgan fingerprint density at radius 1 is 1.10 bits per heavy atom. The van der Waals surface area contributed by atoms with Gasteiger partial charge in [0.1, 0.15) is 11.5 Å². The van der Waals surface area contributed by atoms with Crippen molar-refractivity contribution in [1.29, 1.82) is 0 Å². The van der Waals surface area contributed by atoms with Gasteiger partial charge >= 0.3 is 0 Å². The molecule has 112 valence electrons. The number of nitrogens with one attached hydrogen (secondary N) is 1. The Hall–Kier alpha value is -1.38. The van der Waals surface area contributed by atoms with Crippen LogP contribution < -0.4 is 14.8 Å². The summed E-state index contributed by atoms with van der Waals surface area (Å²) in [7, 11) is 3.41. The zero-order valence-corrected chi connectivity index (χ0v) is 13.2. The summed E-state index contributed by atoms with van der Waals surface area (Å²) < 4.78 is 10.7. The minimum atomic E-state index is 0.481. The summed E-state index contributed by atoms with van der Waals surface area (Å²) in [4.78, 5) is 0. The van der Waals surface area contributed by atoms with Crippen molar-refractivity contribution >= 4 is 5.69 Å². The summed E-state index contributed by atoms with van der Waals surface area (Å²) in [5, 5.41) is 3.65. The van der Waals surface area contributed by atoms with Gasteiger partial charge in [-0.25, -0.2) is 0 Å². The van der Waals surface area contributed by atoms with Gasteiger partial charge in [0.25, 0.3) is 0 Å². The third-order valence-electron chi connectivity index (χ3n) is 4.34. The molecule has 1 N–H and O–H groups in total. The molecule has 1 aliphatic carbocycles. The Labute approximate surface area is 122 Å². The third kappa shape index (κ3) is 3.81. The van der Waals surface area contributed by atoms with Crippen LogP contribution in [0.5, 0.6) is 11.5 Å². The molecule has 1 aliphatic rings. The number of methoxy groups -OCH3 is 2. The average molecular weight is 277 g/mol. The van der Waals surface area contributed by atoms with Gasteiger partial charge in [0.2, 0.25) is 0 Å². The largest absolute Gasteiger partial charge is 0.497 e. The maximum atomic E-state index is 5.44. The second kappa shape index (κ2) is 6.38. The van der Waals surface area contributed by atoms with Crippen LogP contribution in [0.4, 0.5) is 5.69 Å². The van der Waals surface area contributed by atoms with Crippen molar-refractivity contribution in [3.63, 3.8) is 0 Å². The molecule has 1 fully saturated rings. The van der Waals surface area contributed by atoms with E-state index in [-0.39, 0.29) is 0 Å². The molecule has 1 aromatic carbocycles. The van der Waals surface area contributed by atoms with E-state index in [1.54, 1.807) is 14.2 Å². The predicted molar refractivity (Wildman–Crippen MR) is 83.8 cm³/mol. The van der Waals surface area contributed by atoms with Gasteiger partial charge in [0.15, 0.2) is 0 Å². The standard InChI is InChI=1S/C17H27NO2/c1-17(2)10-5-6-13(9-11-17)18-15-12-14(19-3)7-8-16(15)20-4/h7-8,12-13,18H,5-6,9-11H2,1-4H3. The molecular formula is C17H27NO2. The highest BCUT2D eigenvalue weighted by Gasteiger charge is 2.24. The lowest BCUT2D eigenvalue weighted by atomic mass is 9.85. The number of benzene rings is 1. The second-order valence-electron chi connectivity index (χ2n) is 6.50. The molecule has 0 aliphatic heterocycles. The first kappa shape index (κ1) is 15.0. The van der Waals surface area contributed by atoms with Gasteiger partial charge in [-0.2, -0.15) is 0 Å². The summed E-state index contributed by atoms with van der Waals surface area (Å²) >= 11 is 0. The van der Waals surface area contributed by atoms with Crippen LogP contribution in [0, 0.1) is 5.41 Å². The minimum Gasteiger partial charge on any atom is -0.497 e. The van der Waals surface area contributed by atoms with E-state index < -0.39 is 0 Å². The SMILES string of the molecule is COc1ccc(OC)c(NC2CCCC(C)(C)CC2)c1. The van der Waals surface area contributed by atoms with Crippen molar-refractivity contribution in [2.24, 2.45) is 5.41 Å². The summed E-state index contributed by atoms with van der Waals surface area (Å²) in [5.41, 5.74) is 1.52. The van der Waals surface area contributed by atoms with Crippen molar-refractivity contribution in [2.45, 2.75) is 52.0 Å². The van der Waals surface area contributed by atoms with E-state index in [1.807, 2.05) is 18.2 Å². The number of anilines is 1. The molecule has 0 amide bonds. The second-order valence-corrected chi connectivity index (χ2v) is 6.50. The van der Waals surface area contributed by atoms with E-state index >= 15 is 0 Å². The van der Waals surface area contributed by atoms with Crippen LogP contribution >= 0.6 is 0 Å². The van der Waals surface area contributed by atoms with Gasteiger partial charge in [-0.15, -0.1) is 0 Å². The van der Waals surface area contributed by atoms with E-state index in [0.717, 1.165) is 17.2 Å². The van der Waals surface area contributed by atoms with Crippen molar-refractivity contribution in [1.82, 2.24) is 0 Å². The van der Waals surface area contributed by atoms with Crippen LogP contribution in [0.2, 0.25) is 0 Å². The molecule has 2 rings (SSSR count). The topological polar surface area (TPSA) is 30.5 Å². The summed E-state index contributed by atoms with van der Waals surface area (Å²) in [6, 6.07) is 6.44. The third-order valence-corrected chi connectivity index (χ3v) is 4.34. The Balaban J connectivity index is 2.08. The van der Waals surface area contributed by atoms with Gasteiger partial charge < -0.3 is 14.8 Å². The van der Waals surface area contributed by atoms with Crippen LogP contribution in [0.15, 0.2) is 18.2 Å². The number of ether oxygens (including phenoxy) is 2. The number of rotatable bonds is 4. The van der Waals surface area contributed by atoms with E-state index in [4.69, 9.17) is 9.47 Å². The summed E-state index contributed by atoms with van der Waals surface area (Å²) in [6.45, 7) is 4.75. The number of hydrogen-bond acceptors (Lipinski definition) is 3. The fraction of sp³-hybridized carbons (Fsp3) is 0.647. The normalized spacial score (nSPS) is 21.9. The van der Waals surface area contributed by atoms with E-state index in [1.165, 1.54) is 32.1 Å². The van der Waals surface area contributed by atoms with Crippen LogP contribution in [0.3, 0.4) is 0 Å².